The first kappa shape index (κ1) is 15.7. The van der Waals surface area contributed by atoms with E-state index in [9.17, 15) is 14.0 Å². The van der Waals surface area contributed by atoms with E-state index in [-0.39, 0.29) is 11.7 Å². The van der Waals surface area contributed by atoms with Crippen molar-refractivity contribution in [1.29, 1.82) is 0 Å². The van der Waals surface area contributed by atoms with Crippen molar-refractivity contribution in [2.24, 2.45) is 0 Å². The van der Waals surface area contributed by atoms with E-state index < -0.39 is 5.97 Å². The molecule has 0 bridgehead atoms. The third kappa shape index (κ3) is 3.91. The number of ether oxygens (including phenoxy) is 1. The largest absolute Gasteiger partial charge is 0.465 e. The van der Waals surface area contributed by atoms with Crippen LogP contribution < -0.4 is 5.32 Å². The van der Waals surface area contributed by atoms with Gasteiger partial charge in [-0.25, -0.2) is 9.18 Å². The number of hydrogen-bond acceptors (Lipinski definition) is 3. The molecule has 0 aliphatic heterocycles. The van der Waals surface area contributed by atoms with Crippen molar-refractivity contribution in [1.82, 2.24) is 5.32 Å². The fraction of sp³-hybridized carbons (Fsp3) is 0.176. The fourth-order valence-electron chi connectivity index (χ4n) is 1.99. The number of hydrogen-bond donors (Lipinski definition) is 1. The number of methoxy groups -OCH3 is 1. The Bertz CT molecular complexity index is 668. The van der Waals surface area contributed by atoms with E-state index in [1.165, 1.54) is 25.3 Å². The lowest BCUT2D eigenvalue weighted by molar-refractivity contribution is 0.0600. The maximum absolute atomic E-state index is 13.4. The molecule has 0 aliphatic rings. The van der Waals surface area contributed by atoms with Crippen LogP contribution in [0.25, 0.3) is 0 Å². The predicted molar refractivity (Wildman–Crippen MR) is 80.2 cm³/mol. The molecule has 0 unspecified atom stereocenters. The van der Waals surface area contributed by atoms with Crippen molar-refractivity contribution in [3.63, 3.8) is 0 Å². The summed E-state index contributed by atoms with van der Waals surface area (Å²) in [6.45, 7) is 0.332. The van der Waals surface area contributed by atoms with E-state index in [0.717, 1.165) is 0 Å². The van der Waals surface area contributed by atoms with E-state index in [1.54, 1.807) is 30.3 Å². The summed E-state index contributed by atoms with van der Waals surface area (Å²) < 4.78 is 18.0. The minimum absolute atomic E-state index is 0.271. The number of esters is 1. The first-order valence-corrected chi connectivity index (χ1v) is 6.82. The molecule has 2 aromatic carbocycles. The highest BCUT2D eigenvalue weighted by Gasteiger charge is 2.09. The molecule has 0 radical (unpaired) electrons. The summed E-state index contributed by atoms with van der Waals surface area (Å²) in [6.07, 6.45) is 0.415. The van der Waals surface area contributed by atoms with Gasteiger partial charge in [-0.3, -0.25) is 4.79 Å². The van der Waals surface area contributed by atoms with Gasteiger partial charge in [0.1, 0.15) is 5.82 Å². The standard InChI is InChI=1S/C17H16FNO3/c1-22-17(21)14-8-6-13(7-9-14)16(20)19-11-10-12-4-2-3-5-15(12)18/h2-9H,10-11H2,1H3,(H,19,20). The molecule has 0 saturated heterocycles. The highest BCUT2D eigenvalue weighted by molar-refractivity contribution is 5.96. The van der Waals surface area contributed by atoms with Crippen LogP contribution in [-0.4, -0.2) is 25.5 Å². The average molecular weight is 301 g/mol. The van der Waals surface area contributed by atoms with Gasteiger partial charge in [0, 0.05) is 12.1 Å². The van der Waals surface area contributed by atoms with Crippen molar-refractivity contribution in [2.45, 2.75) is 6.42 Å². The molecule has 5 heteroatoms. The Balaban J connectivity index is 1.90. The molecule has 0 saturated carbocycles. The number of carbonyl (C=O) groups excluding carboxylic acids is 2. The van der Waals surface area contributed by atoms with Gasteiger partial charge in [-0.05, 0) is 42.3 Å². The van der Waals surface area contributed by atoms with Gasteiger partial charge in [0.05, 0.1) is 12.7 Å². The average Bonchev–Trinajstić information content (AvgIpc) is 2.56. The second kappa shape index (κ2) is 7.36. The molecule has 1 N–H and O–H groups in total. The lowest BCUT2D eigenvalue weighted by Crippen LogP contribution is -2.25. The molecule has 2 rings (SSSR count). The Morgan fingerprint density at radius 3 is 2.32 bits per heavy atom. The van der Waals surface area contributed by atoms with Crippen molar-refractivity contribution in [3.05, 3.63) is 71.0 Å². The fourth-order valence-corrected chi connectivity index (χ4v) is 1.99. The van der Waals surface area contributed by atoms with Crippen LogP contribution in [0.2, 0.25) is 0 Å². The Morgan fingerprint density at radius 1 is 1.05 bits per heavy atom. The highest BCUT2D eigenvalue weighted by Crippen LogP contribution is 2.08. The maximum atomic E-state index is 13.4. The first-order chi connectivity index (χ1) is 10.6. The Labute approximate surface area is 127 Å². The number of benzene rings is 2. The molecular weight excluding hydrogens is 285 g/mol. The number of halogens is 1. The molecule has 0 aliphatic carbocycles. The lowest BCUT2D eigenvalue weighted by atomic mass is 10.1. The van der Waals surface area contributed by atoms with Crippen molar-refractivity contribution < 1.29 is 18.7 Å². The molecule has 4 nitrogen and oxygen atoms in total. The van der Waals surface area contributed by atoms with Crippen LogP contribution in [-0.2, 0) is 11.2 Å². The van der Waals surface area contributed by atoms with Crippen LogP contribution in [0.4, 0.5) is 4.39 Å². The third-order valence-electron chi connectivity index (χ3n) is 3.21. The molecule has 1 amide bonds. The van der Waals surface area contributed by atoms with Gasteiger partial charge in [-0.1, -0.05) is 18.2 Å². The van der Waals surface area contributed by atoms with E-state index in [2.05, 4.69) is 10.1 Å². The Kier molecular flexibility index (Phi) is 5.25. The summed E-state index contributed by atoms with van der Waals surface area (Å²) in [7, 11) is 1.30. The molecule has 114 valence electrons. The van der Waals surface area contributed by atoms with Gasteiger partial charge < -0.3 is 10.1 Å². The van der Waals surface area contributed by atoms with Crippen molar-refractivity contribution >= 4 is 11.9 Å². The maximum Gasteiger partial charge on any atom is 0.337 e. The molecule has 0 fully saturated rings. The van der Waals surface area contributed by atoms with Crippen molar-refractivity contribution in [2.75, 3.05) is 13.7 Å². The summed E-state index contributed by atoms with van der Waals surface area (Å²) in [4.78, 5) is 23.2. The zero-order chi connectivity index (χ0) is 15.9. The third-order valence-corrected chi connectivity index (χ3v) is 3.21. The molecule has 22 heavy (non-hydrogen) atoms. The van der Waals surface area contributed by atoms with Crippen LogP contribution in [0.5, 0.6) is 0 Å². The van der Waals surface area contributed by atoms with Gasteiger partial charge in [0.15, 0.2) is 0 Å². The van der Waals surface area contributed by atoms with E-state index in [1.807, 2.05) is 0 Å². The summed E-state index contributed by atoms with van der Waals surface area (Å²) >= 11 is 0. The topological polar surface area (TPSA) is 55.4 Å². The number of amides is 1. The summed E-state index contributed by atoms with van der Waals surface area (Å²) in [5.41, 5.74) is 1.37. The molecule has 0 heterocycles. The molecule has 2 aromatic rings. The smallest absolute Gasteiger partial charge is 0.337 e. The van der Waals surface area contributed by atoms with Gasteiger partial charge >= 0.3 is 5.97 Å². The quantitative estimate of drug-likeness (QED) is 0.864. The van der Waals surface area contributed by atoms with Crippen molar-refractivity contribution in [3.8, 4) is 0 Å². The number of carbonyl (C=O) groups is 2. The van der Waals surface area contributed by atoms with Gasteiger partial charge in [0.2, 0.25) is 0 Å². The van der Waals surface area contributed by atoms with E-state index >= 15 is 0 Å². The van der Waals surface area contributed by atoms with Crippen LogP contribution in [0.1, 0.15) is 26.3 Å². The van der Waals surface area contributed by atoms with Crippen LogP contribution in [0.3, 0.4) is 0 Å². The number of nitrogens with one attached hydrogen (secondary N) is 1. The molecule has 0 spiro atoms. The Hall–Kier alpha value is -2.69. The lowest BCUT2D eigenvalue weighted by Gasteiger charge is -2.07. The predicted octanol–water partition coefficient (Wildman–Crippen LogP) is 2.58. The van der Waals surface area contributed by atoms with Crippen LogP contribution in [0, 0.1) is 5.82 Å². The molecular formula is C17H16FNO3. The highest BCUT2D eigenvalue weighted by atomic mass is 19.1. The normalized spacial score (nSPS) is 10.1. The van der Waals surface area contributed by atoms with E-state index in [4.69, 9.17) is 0 Å². The van der Waals surface area contributed by atoms with E-state index in [0.29, 0.717) is 29.7 Å². The SMILES string of the molecule is COC(=O)c1ccc(C(=O)NCCc2ccccc2F)cc1. The summed E-state index contributed by atoms with van der Waals surface area (Å²) in [6, 6.07) is 12.6. The zero-order valence-electron chi connectivity index (χ0n) is 12.1. The molecule has 0 atom stereocenters. The number of rotatable bonds is 5. The zero-order valence-corrected chi connectivity index (χ0v) is 12.1. The molecule has 0 aromatic heterocycles. The van der Waals surface area contributed by atoms with Gasteiger partial charge in [-0.15, -0.1) is 0 Å². The first-order valence-electron chi connectivity index (χ1n) is 6.82. The van der Waals surface area contributed by atoms with Gasteiger partial charge in [-0.2, -0.15) is 0 Å². The monoisotopic (exact) mass is 301 g/mol. The minimum atomic E-state index is -0.452. The second-order valence-corrected chi connectivity index (χ2v) is 4.67. The minimum Gasteiger partial charge on any atom is -0.465 e. The Morgan fingerprint density at radius 2 is 1.68 bits per heavy atom. The van der Waals surface area contributed by atoms with Gasteiger partial charge in [0.25, 0.3) is 5.91 Å². The summed E-state index contributed by atoms with van der Waals surface area (Å²) in [5.74, 6) is -1.00. The van der Waals surface area contributed by atoms with Crippen LogP contribution >= 0.6 is 0 Å². The second-order valence-electron chi connectivity index (χ2n) is 4.67. The summed E-state index contributed by atoms with van der Waals surface area (Å²) in [5, 5.41) is 2.72. The van der Waals surface area contributed by atoms with Crippen LogP contribution in [0.15, 0.2) is 48.5 Å².